The quantitative estimate of drug-likeness (QED) is 0.751. The van der Waals surface area contributed by atoms with Crippen LogP contribution in [0.3, 0.4) is 0 Å². The summed E-state index contributed by atoms with van der Waals surface area (Å²) in [4.78, 5) is 4.24. The fourth-order valence-electron chi connectivity index (χ4n) is 1.78. The number of nitrogen functional groups attached to an aromatic ring is 1. The Bertz CT molecular complexity index is 292. The van der Waals surface area contributed by atoms with Crippen LogP contribution in [0.1, 0.15) is 30.2 Å². The summed E-state index contributed by atoms with van der Waals surface area (Å²) in [5, 5.41) is 0. The van der Waals surface area contributed by atoms with Crippen molar-refractivity contribution in [1.29, 1.82) is 0 Å². The van der Waals surface area contributed by atoms with E-state index >= 15 is 0 Å². The Morgan fingerprint density at radius 2 is 2.15 bits per heavy atom. The summed E-state index contributed by atoms with van der Waals surface area (Å²) in [5.41, 5.74) is 6.58. The van der Waals surface area contributed by atoms with Crippen LogP contribution in [0.15, 0.2) is 4.42 Å². The molecule has 0 spiro atoms. The molecule has 3 nitrogen and oxygen atoms in total. The maximum absolute atomic E-state index is 5.50. The second kappa shape index (κ2) is 3.62. The highest BCUT2D eigenvalue weighted by atomic mass is 32.2. The van der Waals surface area contributed by atoms with Gasteiger partial charge < -0.3 is 10.2 Å². The number of hydrogen-bond acceptors (Lipinski definition) is 4. The molecule has 0 unspecified atom stereocenters. The molecular formula is C9H14N2OS. The topological polar surface area (TPSA) is 52.0 Å². The molecule has 0 bridgehead atoms. The average Bonchev–Trinajstić information content (AvgIpc) is 2.47. The normalized spacial score (nSPS) is 19.2. The van der Waals surface area contributed by atoms with Crippen LogP contribution in [0.2, 0.25) is 0 Å². The van der Waals surface area contributed by atoms with Gasteiger partial charge in [-0.25, -0.2) is 0 Å². The average molecular weight is 198 g/mol. The van der Waals surface area contributed by atoms with E-state index in [0.29, 0.717) is 11.9 Å². The number of hydrogen-bond donors (Lipinski definition) is 1. The van der Waals surface area contributed by atoms with Gasteiger partial charge in [0.2, 0.25) is 0 Å². The highest BCUT2D eigenvalue weighted by molar-refractivity contribution is 7.99. The van der Waals surface area contributed by atoms with Crippen molar-refractivity contribution in [3.05, 3.63) is 11.5 Å². The van der Waals surface area contributed by atoms with Crippen LogP contribution in [-0.4, -0.2) is 16.5 Å². The fourth-order valence-corrected chi connectivity index (χ4v) is 2.89. The maximum Gasteiger partial charge on any atom is 0.292 e. The number of nitrogens with two attached hydrogens (primary N) is 1. The minimum atomic E-state index is 0.311. The van der Waals surface area contributed by atoms with Crippen molar-refractivity contribution in [1.82, 2.24) is 4.98 Å². The minimum Gasteiger partial charge on any atom is -0.429 e. The van der Waals surface area contributed by atoms with Crippen LogP contribution in [0.4, 0.5) is 6.01 Å². The van der Waals surface area contributed by atoms with Crippen LogP contribution in [0, 0.1) is 6.92 Å². The van der Waals surface area contributed by atoms with Crippen LogP contribution >= 0.6 is 11.8 Å². The van der Waals surface area contributed by atoms with E-state index in [1.54, 1.807) is 0 Å². The van der Waals surface area contributed by atoms with Crippen molar-refractivity contribution < 1.29 is 4.42 Å². The fraction of sp³-hybridized carbons (Fsp3) is 0.667. The van der Waals surface area contributed by atoms with Crippen LogP contribution in [0.5, 0.6) is 0 Å². The standard InChI is InChI=1S/C9H14N2OS/c1-6-8(11-9(10)12-6)7-2-4-13-5-3-7/h7H,2-5H2,1H3,(H2,10,11). The van der Waals surface area contributed by atoms with Gasteiger partial charge in [0.05, 0.1) is 5.69 Å². The molecule has 72 valence electrons. The third kappa shape index (κ3) is 1.82. The van der Waals surface area contributed by atoms with E-state index in [1.807, 2.05) is 18.7 Å². The van der Waals surface area contributed by atoms with Crippen LogP contribution in [0.25, 0.3) is 0 Å². The largest absolute Gasteiger partial charge is 0.429 e. The zero-order valence-electron chi connectivity index (χ0n) is 7.75. The molecule has 13 heavy (non-hydrogen) atoms. The van der Waals surface area contributed by atoms with E-state index in [1.165, 1.54) is 24.3 Å². The number of aromatic nitrogens is 1. The second-order valence-corrected chi connectivity index (χ2v) is 4.60. The molecule has 1 aromatic heterocycles. The first-order valence-electron chi connectivity index (χ1n) is 4.58. The first-order valence-corrected chi connectivity index (χ1v) is 5.73. The monoisotopic (exact) mass is 198 g/mol. The highest BCUT2D eigenvalue weighted by Gasteiger charge is 2.21. The number of anilines is 1. The summed E-state index contributed by atoms with van der Waals surface area (Å²) in [6.45, 7) is 1.94. The molecule has 1 aromatic rings. The van der Waals surface area contributed by atoms with E-state index in [-0.39, 0.29) is 0 Å². The number of nitrogens with zero attached hydrogens (tertiary/aromatic N) is 1. The molecule has 0 saturated carbocycles. The SMILES string of the molecule is Cc1oc(N)nc1C1CCSCC1. The van der Waals surface area contributed by atoms with E-state index in [4.69, 9.17) is 10.2 Å². The number of rotatable bonds is 1. The molecule has 4 heteroatoms. The molecule has 1 aliphatic heterocycles. The predicted octanol–water partition coefficient (Wildman–Crippen LogP) is 2.18. The van der Waals surface area contributed by atoms with E-state index < -0.39 is 0 Å². The molecule has 1 fully saturated rings. The zero-order valence-corrected chi connectivity index (χ0v) is 8.56. The van der Waals surface area contributed by atoms with Gasteiger partial charge in [0, 0.05) is 5.92 Å². The smallest absolute Gasteiger partial charge is 0.292 e. The maximum atomic E-state index is 5.50. The van der Waals surface area contributed by atoms with Crippen molar-refractivity contribution in [2.45, 2.75) is 25.7 Å². The van der Waals surface area contributed by atoms with Crippen molar-refractivity contribution >= 4 is 17.8 Å². The molecular weight excluding hydrogens is 184 g/mol. The first kappa shape index (κ1) is 8.94. The van der Waals surface area contributed by atoms with E-state index in [9.17, 15) is 0 Å². The van der Waals surface area contributed by atoms with Crippen molar-refractivity contribution in [3.8, 4) is 0 Å². The van der Waals surface area contributed by atoms with Gasteiger partial charge in [-0.15, -0.1) is 0 Å². The van der Waals surface area contributed by atoms with E-state index in [0.717, 1.165) is 11.5 Å². The summed E-state index contributed by atoms with van der Waals surface area (Å²) in [7, 11) is 0. The highest BCUT2D eigenvalue weighted by Crippen LogP contribution is 2.33. The summed E-state index contributed by atoms with van der Waals surface area (Å²) < 4.78 is 5.23. The lowest BCUT2D eigenvalue weighted by atomic mass is 9.98. The Morgan fingerprint density at radius 3 is 2.69 bits per heavy atom. The van der Waals surface area contributed by atoms with Gasteiger partial charge in [-0.1, -0.05) is 0 Å². The Kier molecular flexibility index (Phi) is 2.49. The molecule has 0 aliphatic carbocycles. The first-order chi connectivity index (χ1) is 6.27. The molecule has 2 heterocycles. The number of oxazole rings is 1. The summed E-state index contributed by atoms with van der Waals surface area (Å²) >= 11 is 2.02. The van der Waals surface area contributed by atoms with Gasteiger partial charge in [-0.2, -0.15) is 16.7 Å². The van der Waals surface area contributed by atoms with Crippen molar-refractivity contribution in [2.75, 3.05) is 17.2 Å². The zero-order chi connectivity index (χ0) is 9.26. The Balaban J connectivity index is 2.18. The van der Waals surface area contributed by atoms with Crippen molar-refractivity contribution in [3.63, 3.8) is 0 Å². The van der Waals surface area contributed by atoms with Gasteiger partial charge in [-0.3, -0.25) is 0 Å². The molecule has 2 rings (SSSR count). The van der Waals surface area contributed by atoms with Crippen LogP contribution in [-0.2, 0) is 0 Å². The summed E-state index contributed by atoms with van der Waals surface area (Å²) in [5.74, 6) is 3.94. The second-order valence-electron chi connectivity index (χ2n) is 3.38. The van der Waals surface area contributed by atoms with Gasteiger partial charge in [0.1, 0.15) is 5.76 Å². The molecule has 0 radical (unpaired) electrons. The molecule has 0 aromatic carbocycles. The third-order valence-corrected chi connectivity index (χ3v) is 3.51. The van der Waals surface area contributed by atoms with Crippen molar-refractivity contribution in [2.24, 2.45) is 0 Å². The Labute approximate surface area is 82.1 Å². The van der Waals surface area contributed by atoms with Gasteiger partial charge in [0.25, 0.3) is 6.01 Å². The number of thioether (sulfide) groups is 1. The van der Waals surface area contributed by atoms with Crippen LogP contribution < -0.4 is 5.73 Å². The lowest BCUT2D eigenvalue weighted by molar-refractivity contribution is 0.533. The number of aryl methyl sites for hydroxylation is 1. The van der Waals surface area contributed by atoms with Gasteiger partial charge >= 0.3 is 0 Å². The lowest BCUT2D eigenvalue weighted by Crippen LogP contribution is -2.09. The molecule has 2 N–H and O–H groups in total. The third-order valence-electron chi connectivity index (χ3n) is 2.46. The molecule has 1 aliphatic rings. The molecule has 0 atom stereocenters. The Hall–Kier alpha value is -0.640. The molecule has 0 amide bonds. The predicted molar refractivity (Wildman–Crippen MR) is 55.0 cm³/mol. The minimum absolute atomic E-state index is 0.311. The van der Waals surface area contributed by atoms with Gasteiger partial charge in [0.15, 0.2) is 0 Å². The van der Waals surface area contributed by atoms with Gasteiger partial charge in [-0.05, 0) is 31.3 Å². The summed E-state index contributed by atoms with van der Waals surface area (Å²) in [6.07, 6.45) is 2.41. The van der Waals surface area contributed by atoms with E-state index in [2.05, 4.69) is 4.98 Å². The molecule has 1 saturated heterocycles. The Morgan fingerprint density at radius 1 is 1.46 bits per heavy atom. The summed E-state index contributed by atoms with van der Waals surface area (Å²) in [6, 6.07) is 0.311. The lowest BCUT2D eigenvalue weighted by Gasteiger charge is -2.19.